The van der Waals surface area contributed by atoms with Crippen LogP contribution in [-0.2, 0) is 13.0 Å². The third-order valence-corrected chi connectivity index (χ3v) is 5.37. The van der Waals surface area contributed by atoms with Gasteiger partial charge >= 0.3 is 0 Å². The molecule has 4 rings (SSSR count). The summed E-state index contributed by atoms with van der Waals surface area (Å²) >= 11 is 6.27. The maximum absolute atomic E-state index is 9.39. The van der Waals surface area contributed by atoms with Gasteiger partial charge in [0.05, 0.1) is 12.3 Å². The molecule has 27 heavy (non-hydrogen) atoms. The van der Waals surface area contributed by atoms with Crippen LogP contribution >= 0.6 is 11.6 Å². The average molecular weight is 377 g/mol. The molecule has 3 nitrogen and oxygen atoms in total. The number of halogens is 1. The van der Waals surface area contributed by atoms with Gasteiger partial charge in [0, 0.05) is 22.5 Å². The quantitative estimate of drug-likeness (QED) is 0.497. The Balaban J connectivity index is 1.83. The molecule has 0 saturated heterocycles. The molecule has 0 unspecified atom stereocenters. The molecule has 4 aromatic rings. The Morgan fingerprint density at radius 3 is 2.59 bits per heavy atom. The fraction of sp³-hybridized carbons (Fsp3) is 0.174. The molecule has 136 valence electrons. The summed E-state index contributed by atoms with van der Waals surface area (Å²) in [6.07, 6.45) is 3.00. The number of rotatable bonds is 4. The lowest BCUT2D eigenvalue weighted by Crippen LogP contribution is -1.91. The van der Waals surface area contributed by atoms with Crippen LogP contribution < -0.4 is 0 Å². The maximum Gasteiger partial charge on any atom is 0.137 e. The summed E-state index contributed by atoms with van der Waals surface area (Å²) in [7, 11) is 0. The lowest BCUT2D eigenvalue weighted by molar-refractivity contribution is 0.282. The minimum atomic E-state index is 0.0423. The third kappa shape index (κ3) is 3.25. The number of aliphatic hydroxyl groups is 1. The third-order valence-electron chi connectivity index (χ3n) is 5.00. The summed E-state index contributed by atoms with van der Waals surface area (Å²) in [6.45, 7) is 4.23. The van der Waals surface area contributed by atoms with Crippen LogP contribution in [0.4, 0.5) is 0 Å². The molecule has 0 aliphatic rings. The fourth-order valence-electron chi connectivity index (χ4n) is 3.45. The number of aliphatic hydroxyl groups excluding tert-OH is 1. The number of hydrogen-bond acceptors (Lipinski definition) is 2. The van der Waals surface area contributed by atoms with Gasteiger partial charge in [-0.25, -0.2) is 4.98 Å². The topological polar surface area (TPSA) is 37.5 Å². The number of imidazole rings is 1. The summed E-state index contributed by atoms with van der Waals surface area (Å²) in [5.74, 6) is 0. The van der Waals surface area contributed by atoms with Gasteiger partial charge in [-0.15, -0.1) is 0 Å². The first-order valence-corrected chi connectivity index (χ1v) is 9.46. The van der Waals surface area contributed by atoms with Crippen LogP contribution in [0.5, 0.6) is 0 Å². The van der Waals surface area contributed by atoms with Crippen LogP contribution in [-0.4, -0.2) is 14.5 Å². The molecular formula is C23H21ClN2O. The van der Waals surface area contributed by atoms with E-state index >= 15 is 0 Å². The van der Waals surface area contributed by atoms with Crippen LogP contribution in [0.15, 0.2) is 60.8 Å². The molecular weight excluding hydrogens is 356 g/mol. The second kappa shape index (κ2) is 7.18. The van der Waals surface area contributed by atoms with E-state index in [-0.39, 0.29) is 6.61 Å². The average Bonchev–Trinajstić information content (AvgIpc) is 3.04. The van der Waals surface area contributed by atoms with Crippen LogP contribution in [0.3, 0.4) is 0 Å². The number of aromatic nitrogens is 2. The Morgan fingerprint density at radius 2 is 1.81 bits per heavy atom. The van der Waals surface area contributed by atoms with Gasteiger partial charge in [-0.05, 0) is 65.9 Å². The van der Waals surface area contributed by atoms with Gasteiger partial charge in [-0.3, -0.25) is 0 Å². The molecule has 2 aromatic heterocycles. The lowest BCUT2D eigenvalue weighted by atomic mass is 10.0. The predicted molar refractivity (Wildman–Crippen MR) is 111 cm³/mol. The van der Waals surface area contributed by atoms with E-state index in [2.05, 4.69) is 42.6 Å². The van der Waals surface area contributed by atoms with Gasteiger partial charge in [0.25, 0.3) is 0 Å². The highest BCUT2D eigenvalue weighted by Crippen LogP contribution is 2.29. The van der Waals surface area contributed by atoms with Gasteiger partial charge in [0.2, 0.25) is 0 Å². The highest BCUT2D eigenvalue weighted by atomic mass is 35.5. The maximum atomic E-state index is 9.39. The summed E-state index contributed by atoms with van der Waals surface area (Å²) in [5.41, 5.74) is 8.28. The summed E-state index contributed by atoms with van der Waals surface area (Å²) in [6, 6.07) is 18.2. The van der Waals surface area contributed by atoms with E-state index in [0.717, 1.165) is 56.3 Å². The van der Waals surface area contributed by atoms with Crippen molar-refractivity contribution in [2.24, 2.45) is 0 Å². The zero-order valence-electron chi connectivity index (χ0n) is 15.4. The number of nitrogens with zero attached hydrogens (tertiary/aromatic N) is 2. The number of benzene rings is 2. The first-order chi connectivity index (χ1) is 13.1. The van der Waals surface area contributed by atoms with E-state index in [4.69, 9.17) is 16.6 Å². The van der Waals surface area contributed by atoms with Crippen LogP contribution in [0, 0.1) is 6.92 Å². The molecule has 0 saturated carbocycles. The van der Waals surface area contributed by atoms with Crippen molar-refractivity contribution in [3.8, 4) is 22.4 Å². The Morgan fingerprint density at radius 1 is 1.00 bits per heavy atom. The molecule has 0 bridgehead atoms. The molecule has 0 fully saturated rings. The minimum absolute atomic E-state index is 0.0423. The van der Waals surface area contributed by atoms with Crippen molar-refractivity contribution in [3.63, 3.8) is 0 Å². The molecule has 0 spiro atoms. The highest BCUT2D eigenvalue weighted by molar-refractivity contribution is 6.31. The SMILES string of the molecule is CCc1cc(-c2nc3ccc(-c4cccc(CO)c4)cn3c2C)ccc1Cl. The Bertz CT molecular complexity index is 1130. The first kappa shape index (κ1) is 17.8. The normalized spacial score (nSPS) is 11.3. The van der Waals surface area contributed by atoms with Gasteiger partial charge in [0.15, 0.2) is 0 Å². The zero-order valence-corrected chi connectivity index (χ0v) is 16.2. The van der Waals surface area contributed by atoms with E-state index in [0.29, 0.717) is 0 Å². The molecule has 1 N–H and O–H groups in total. The number of hydrogen-bond donors (Lipinski definition) is 1. The number of aryl methyl sites for hydroxylation is 2. The second-order valence-electron chi connectivity index (χ2n) is 6.71. The van der Waals surface area contributed by atoms with Crippen molar-refractivity contribution >= 4 is 17.2 Å². The lowest BCUT2D eigenvalue weighted by Gasteiger charge is -2.06. The van der Waals surface area contributed by atoms with E-state index < -0.39 is 0 Å². The van der Waals surface area contributed by atoms with Crippen molar-refractivity contribution in [2.45, 2.75) is 26.9 Å². The molecule has 0 aliphatic heterocycles. The van der Waals surface area contributed by atoms with Crippen molar-refractivity contribution < 1.29 is 5.11 Å². The van der Waals surface area contributed by atoms with Gasteiger partial charge < -0.3 is 9.51 Å². The predicted octanol–water partition coefficient (Wildman–Crippen LogP) is 5.68. The van der Waals surface area contributed by atoms with Gasteiger partial charge in [0.1, 0.15) is 5.65 Å². The highest BCUT2D eigenvalue weighted by Gasteiger charge is 2.13. The van der Waals surface area contributed by atoms with Crippen molar-refractivity contribution in [1.82, 2.24) is 9.38 Å². The molecule has 0 aliphatic carbocycles. The van der Waals surface area contributed by atoms with Crippen molar-refractivity contribution in [3.05, 3.63) is 82.6 Å². The van der Waals surface area contributed by atoms with E-state index in [1.165, 1.54) is 0 Å². The fourth-order valence-corrected chi connectivity index (χ4v) is 3.70. The molecule has 0 atom stereocenters. The Labute approximate surface area is 163 Å². The van der Waals surface area contributed by atoms with E-state index in [1.54, 1.807) is 0 Å². The molecule has 2 aromatic carbocycles. The van der Waals surface area contributed by atoms with Crippen molar-refractivity contribution in [1.29, 1.82) is 0 Å². The van der Waals surface area contributed by atoms with Gasteiger partial charge in [-0.1, -0.05) is 42.8 Å². The standard InChI is InChI=1S/C23H21ClN2O/c1-3-17-12-19(7-9-21(17)24)23-15(2)26-13-20(8-10-22(26)25-23)18-6-4-5-16(11-18)14-27/h4-13,27H,3,14H2,1-2H3. The minimum Gasteiger partial charge on any atom is -0.392 e. The van der Waals surface area contributed by atoms with Gasteiger partial charge in [-0.2, -0.15) is 0 Å². The largest absolute Gasteiger partial charge is 0.392 e. The second-order valence-corrected chi connectivity index (χ2v) is 7.12. The smallest absolute Gasteiger partial charge is 0.137 e. The van der Waals surface area contributed by atoms with E-state index in [9.17, 15) is 5.11 Å². The number of pyridine rings is 1. The Kier molecular flexibility index (Phi) is 4.73. The zero-order chi connectivity index (χ0) is 19.0. The summed E-state index contributed by atoms with van der Waals surface area (Å²) < 4.78 is 2.12. The van der Waals surface area contributed by atoms with Crippen LogP contribution in [0.1, 0.15) is 23.7 Å². The summed E-state index contributed by atoms with van der Waals surface area (Å²) in [5, 5.41) is 10.2. The molecule has 0 amide bonds. The monoisotopic (exact) mass is 376 g/mol. The summed E-state index contributed by atoms with van der Waals surface area (Å²) in [4.78, 5) is 4.84. The molecule has 2 heterocycles. The van der Waals surface area contributed by atoms with Crippen LogP contribution in [0.2, 0.25) is 5.02 Å². The molecule has 4 heteroatoms. The van der Waals surface area contributed by atoms with Crippen LogP contribution in [0.25, 0.3) is 28.0 Å². The first-order valence-electron chi connectivity index (χ1n) is 9.08. The van der Waals surface area contributed by atoms with Crippen molar-refractivity contribution in [2.75, 3.05) is 0 Å². The number of fused-ring (bicyclic) bond motifs is 1. The van der Waals surface area contributed by atoms with E-state index in [1.807, 2.05) is 36.4 Å². The Hall–Kier alpha value is -2.62. The molecule has 0 radical (unpaired) electrons.